The summed E-state index contributed by atoms with van der Waals surface area (Å²) in [6.45, 7) is 3.28. The molecule has 0 bridgehead atoms. The lowest BCUT2D eigenvalue weighted by molar-refractivity contribution is -0.137. The Bertz CT molecular complexity index is 274. The lowest BCUT2D eigenvalue weighted by Crippen LogP contribution is -2.38. The van der Waals surface area contributed by atoms with Gasteiger partial charge in [-0.2, -0.15) is 0 Å². The van der Waals surface area contributed by atoms with Crippen LogP contribution in [0.15, 0.2) is 0 Å². The molecule has 0 aromatic heterocycles. The third-order valence-electron chi connectivity index (χ3n) is 4.34. The van der Waals surface area contributed by atoms with Gasteiger partial charge in [0.2, 0.25) is 0 Å². The Labute approximate surface area is 128 Å². The van der Waals surface area contributed by atoms with Gasteiger partial charge in [-0.15, -0.1) is 12.4 Å². The summed E-state index contributed by atoms with van der Waals surface area (Å²) in [5.41, 5.74) is 0. The first kappa shape index (κ1) is 17.7. The molecule has 0 spiro atoms. The van der Waals surface area contributed by atoms with Crippen LogP contribution in [0, 0.1) is 0 Å². The number of hydrogen-bond acceptors (Lipinski definition) is 3. The summed E-state index contributed by atoms with van der Waals surface area (Å²) in [7, 11) is 0. The highest BCUT2D eigenvalue weighted by Crippen LogP contribution is 2.25. The van der Waals surface area contributed by atoms with Crippen molar-refractivity contribution in [3.8, 4) is 0 Å². The Hall–Kier alpha value is -0.320. The number of rotatable bonds is 7. The average Bonchev–Trinajstić information content (AvgIpc) is 2.89. The van der Waals surface area contributed by atoms with E-state index in [-0.39, 0.29) is 12.4 Å². The first-order valence-corrected chi connectivity index (χ1v) is 7.83. The van der Waals surface area contributed by atoms with E-state index in [1.54, 1.807) is 0 Å². The topological polar surface area (TPSA) is 49.8 Å². The van der Waals surface area contributed by atoms with Crippen LogP contribution in [-0.4, -0.2) is 47.8 Å². The monoisotopic (exact) mass is 305 g/mol. The standard InChI is InChI=1S/C15H27NO3.ClH/c17-15(18)7-3-4-10-16-11-8-14(9-12-16)19-13-5-1-2-6-13;/h13-14H,1-12H2,(H,17,18);1H. The molecule has 0 aromatic rings. The largest absolute Gasteiger partial charge is 0.481 e. The molecule has 0 unspecified atom stereocenters. The fourth-order valence-corrected chi connectivity index (χ4v) is 3.18. The number of nitrogens with zero attached hydrogens (tertiary/aromatic N) is 1. The Balaban J connectivity index is 0.00000200. The van der Waals surface area contributed by atoms with E-state index in [9.17, 15) is 4.79 Å². The Morgan fingerprint density at radius 3 is 2.25 bits per heavy atom. The van der Waals surface area contributed by atoms with Gasteiger partial charge in [0.1, 0.15) is 0 Å². The second-order valence-electron chi connectivity index (χ2n) is 5.93. The molecule has 1 N–H and O–H groups in total. The van der Waals surface area contributed by atoms with Crippen LogP contribution >= 0.6 is 12.4 Å². The smallest absolute Gasteiger partial charge is 0.303 e. The number of halogens is 1. The minimum Gasteiger partial charge on any atom is -0.481 e. The normalized spacial score (nSPS) is 21.8. The molecule has 1 saturated carbocycles. The molecule has 5 heteroatoms. The molecule has 1 heterocycles. The lowest BCUT2D eigenvalue weighted by Gasteiger charge is -2.33. The van der Waals surface area contributed by atoms with Crippen molar-refractivity contribution in [1.82, 2.24) is 4.90 Å². The maximum Gasteiger partial charge on any atom is 0.303 e. The van der Waals surface area contributed by atoms with Gasteiger partial charge in [-0.1, -0.05) is 12.8 Å². The summed E-state index contributed by atoms with van der Waals surface area (Å²) in [4.78, 5) is 12.9. The Kier molecular flexibility index (Phi) is 8.50. The summed E-state index contributed by atoms with van der Waals surface area (Å²) < 4.78 is 6.15. The van der Waals surface area contributed by atoms with Crippen LogP contribution in [-0.2, 0) is 9.53 Å². The summed E-state index contributed by atoms with van der Waals surface area (Å²) >= 11 is 0. The van der Waals surface area contributed by atoms with Crippen LogP contribution in [0.3, 0.4) is 0 Å². The van der Waals surface area contributed by atoms with Crippen molar-refractivity contribution in [2.24, 2.45) is 0 Å². The van der Waals surface area contributed by atoms with E-state index in [0.29, 0.717) is 18.6 Å². The molecule has 0 radical (unpaired) electrons. The molecule has 0 aromatic carbocycles. The van der Waals surface area contributed by atoms with Gasteiger partial charge in [-0.25, -0.2) is 0 Å². The molecule has 1 aliphatic heterocycles. The lowest BCUT2D eigenvalue weighted by atomic mass is 10.1. The number of ether oxygens (including phenoxy) is 1. The predicted octanol–water partition coefficient (Wildman–Crippen LogP) is 3.09. The van der Waals surface area contributed by atoms with Gasteiger partial charge in [0.05, 0.1) is 12.2 Å². The highest BCUT2D eigenvalue weighted by atomic mass is 35.5. The number of carboxylic acids is 1. The fraction of sp³-hybridized carbons (Fsp3) is 0.933. The third kappa shape index (κ3) is 6.42. The van der Waals surface area contributed by atoms with Crippen LogP contribution in [0.4, 0.5) is 0 Å². The first-order valence-electron chi connectivity index (χ1n) is 7.83. The number of aliphatic carboxylic acids is 1. The van der Waals surface area contributed by atoms with Gasteiger partial charge >= 0.3 is 5.97 Å². The second-order valence-corrected chi connectivity index (χ2v) is 5.93. The van der Waals surface area contributed by atoms with Crippen LogP contribution in [0.25, 0.3) is 0 Å². The molecule has 2 rings (SSSR count). The van der Waals surface area contributed by atoms with Gasteiger partial charge in [0.25, 0.3) is 0 Å². The molecule has 1 aliphatic carbocycles. The molecule has 1 saturated heterocycles. The second kappa shape index (κ2) is 9.59. The molecular weight excluding hydrogens is 278 g/mol. The van der Waals surface area contributed by atoms with Crippen molar-refractivity contribution in [1.29, 1.82) is 0 Å². The van der Waals surface area contributed by atoms with Crippen LogP contribution in [0.1, 0.15) is 57.8 Å². The van der Waals surface area contributed by atoms with Gasteiger partial charge in [0.15, 0.2) is 0 Å². The van der Waals surface area contributed by atoms with Crippen molar-refractivity contribution in [2.45, 2.75) is 70.0 Å². The molecule has 0 amide bonds. The SMILES string of the molecule is Cl.O=C(O)CCCCN1CCC(OC2CCCC2)CC1. The number of carbonyl (C=O) groups is 1. The van der Waals surface area contributed by atoms with E-state index < -0.39 is 5.97 Å². The summed E-state index contributed by atoms with van der Waals surface area (Å²) in [6.07, 6.45) is 10.6. The molecule has 2 aliphatic rings. The molecule has 2 fully saturated rings. The average molecular weight is 306 g/mol. The maximum absolute atomic E-state index is 10.4. The van der Waals surface area contributed by atoms with Crippen molar-refractivity contribution < 1.29 is 14.6 Å². The zero-order valence-electron chi connectivity index (χ0n) is 12.3. The summed E-state index contributed by atoms with van der Waals surface area (Å²) in [5, 5.41) is 8.59. The number of hydrogen-bond donors (Lipinski definition) is 1. The number of piperidine rings is 1. The molecular formula is C15H28ClNO3. The zero-order chi connectivity index (χ0) is 13.5. The van der Waals surface area contributed by atoms with Crippen molar-refractivity contribution in [2.75, 3.05) is 19.6 Å². The Morgan fingerprint density at radius 2 is 1.65 bits per heavy atom. The quantitative estimate of drug-likeness (QED) is 0.734. The van der Waals surface area contributed by atoms with Crippen LogP contribution in [0.5, 0.6) is 0 Å². The van der Waals surface area contributed by atoms with E-state index in [4.69, 9.17) is 9.84 Å². The Morgan fingerprint density at radius 1 is 1.05 bits per heavy atom. The third-order valence-corrected chi connectivity index (χ3v) is 4.34. The minimum atomic E-state index is -0.677. The van der Waals surface area contributed by atoms with Crippen molar-refractivity contribution in [3.63, 3.8) is 0 Å². The summed E-state index contributed by atoms with van der Waals surface area (Å²) in [6, 6.07) is 0. The van der Waals surface area contributed by atoms with Gasteiger partial charge in [-0.3, -0.25) is 4.79 Å². The highest BCUT2D eigenvalue weighted by molar-refractivity contribution is 5.85. The van der Waals surface area contributed by atoms with E-state index in [2.05, 4.69) is 4.90 Å². The zero-order valence-corrected chi connectivity index (χ0v) is 13.1. The van der Waals surface area contributed by atoms with Crippen molar-refractivity contribution >= 4 is 18.4 Å². The number of unbranched alkanes of at least 4 members (excludes halogenated alkanes) is 1. The molecule has 0 atom stereocenters. The number of carboxylic acid groups (broad SMARTS) is 1. The maximum atomic E-state index is 10.4. The number of likely N-dealkylation sites (tertiary alicyclic amines) is 1. The molecule has 118 valence electrons. The highest BCUT2D eigenvalue weighted by Gasteiger charge is 2.24. The molecule has 20 heavy (non-hydrogen) atoms. The van der Waals surface area contributed by atoms with E-state index in [0.717, 1.165) is 45.3 Å². The van der Waals surface area contributed by atoms with Gasteiger partial charge in [-0.05, 0) is 45.1 Å². The van der Waals surface area contributed by atoms with Crippen LogP contribution < -0.4 is 0 Å². The van der Waals surface area contributed by atoms with Crippen molar-refractivity contribution in [3.05, 3.63) is 0 Å². The minimum absolute atomic E-state index is 0. The summed E-state index contributed by atoms with van der Waals surface area (Å²) in [5.74, 6) is -0.677. The van der Waals surface area contributed by atoms with E-state index in [1.807, 2.05) is 0 Å². The first-order chi connectivity index (χ1) is 9.24. The van der Waals surface area contributed by atoms with E-state index >= 15 is 0 Å². The van der Waals surface area contributed by atoms with Gasteiger partial charge < -0.3 is 14.7 Å². The van der Waals surface area contributed by atoms with E-state index in [1.165, 1.54) is 25.7 Å². The predicted molar refractivity (Wildman–Crippen MR) is 81.5 cm³/mol. The fourth-order valence-electron chi connectivity index (χ4n) is 3.18. The van der Waals surface area contributed by atoms with Gasteiger partial charge in [0, 0.05) is 19.5 Å². The van der Waals surface area contributed by atoms with Crippen LogP contribution in [0.2, 0.25) is 0 Å². The molecule has 4 nitrogen and oxygen atoms in total.